The van der Waals surface area contributed by atoms with Crippen LogP contribution in [0.4, 0.5) is 0 Å². The number of pyridine rings is 1. The second kappa shape index (κ2) is 9.56. The Kier molecular flexibility index (Phi) is 6.14. The molecule has 0 N–H and O–H groups in total. The van der Waals surface area contributed by atoms with Gasteiger partial charge in [-0.3, -0.25) is 0 Å². The maximum atomic E-state index is 10.5. The molecule has 0 bridgehead atoms. The van der Waals surface area contributed by atoms with E-state index in [1.54, 1.807) is 5.56 Å². The molecule has 3 aromatic carbocycles. The minimum absolute atomic E-state index is 0.0146. The summed E-state index contributed by atoms with van der Waals surface area (Å²) in [6.07, 6.45) is 9.74. The Labute approximate surface area is 249 Å². The van der Waals surface area contributed by atoms with Crippen molar-refractivity contribution < 1.29 is 8.98 Å². The summed E-state index contributed by atoms with van der Waals surface area (Å²) in [5.74, 6) is 0.629. The zero-order valence-electron chi connectivity index (χ0n) is 25.9. The van der Waals surface area contributed by atoms with E-state index in [-0.39, 0.29) is 10.8 Å². The monoisotopic (exact) mass is 553 g/mol. The standard InChI is InChI=1S/C39H41N2O/c1-24-15-17-28-29-18-16-26(22-40)33(37(29)42-36(28)32(24)31-14-10-11-21-41(31)6)30-20-19-27(25-12-8-7-9-13-25)34-35(30)39(4,5)23-38(34,2)3/h10-11,14-21,25H,7-9,12-13,23H2,1-6H3/q+1. The number of fused-ring (bicyclic) bond motifs is 4. The van der Waals surface area contributed by atoms with E-state index in [4.69, 9.17) is 4.42 Å². The van der Waals surface area contributed by atoms with Crippen molar-refractivity contribution in [2.45, 2.75) is 89.9 Å². The lowest BCUT2D eigenvalue weighted by Crippen LogP contribution is -2.30. The highest BCUT2D eigenvalue weighted by atomic mass is 16.3. The van der Waals surface area contributed by atoms with Gasteiger partial charge in [0.05, 0.1) is 17.2 Å². The van der Waals surface area contributed by atoms with Crippen LogP contribution in [-0.2, 0) is 17.9 Å². The van der Waals surface area contributed by atoms with Gasteiger partial charge in [0.25, 0.3) is 0 Å². The van der Waals surface area contributed by atoms with E-state index in [1.807, 2.05) is 6.07 Å². The molecule has 2 aromatic heterocycles. The van der Waals surface area contributed by atoms with E-state index in [0.717, 1.165) is 45.2 Å². The minimum atomic E-state index is -0.0146. The molecule has 0 saturated heterocycles. The van der Waals surface area contributed by atoms with Gasteiger partial charge in [-0.1, -0.05) is 71.2 Å². The number of nitrogens with zero attached hydrogens (tertiary/aromatic N) is 2. The molecule has 212 valence electrons. The van der Waals surface area contributed by atoms with Crippen molar-refractivity contribution in [3.8, 4) is 28.5 Å². The highest BCUT2D eigenvalue weighted by Gasteiger charge is 2.46. The Hall–Kier alpha value is -3.90. The number of nitriles is 1. The number of aromatic nitrogens is 1. The predicted molar refractivity (Wildman–Crippen MR) is 172 cm³/mol. The Morgan fingerprint density at radius 1 is 0.810 bits per heavy atom. The van der Waals surface area contributed by atoms with Gasteiger partial charge in [0.1, 0.15) is 18.2 Å². The van der Waals surface area contributed by atoms with Crippen LogP contribution in [0.25, 0.3) is 44.3 Å². The number of aryl methyl sites for hydroxylation is 2. The summed E-state index contributed by atoms with van der Waals surface area (Å²) < 4.78 is 9.11. The number of rotatable bonds is 3. The molecule has 2 aliphatic rings. The van der Waals surface area contributed by atoms with Gasteiger partial charge in [-0.25, -0.2) is 4.57 Å². The fourth-order valence-corrected chi connectivity index (χ4v) is 8.76. The Morgan fingerprint density at radius 3 is 2.21 bits per heavy atom. The molecule has 0 radical (unpaired) electrons. The molecule has 1 saturated carbocycles. The molecule has 3 nitrogen and oxygen atoms in total. The minimum Gasteiger partial charge on any atom is -0.454 e. The van der Waals surface area contributed by atoms with Crippen LogP contribution in [0, 0.1) is 18.3 Å². The van der Waals surface area contributed by atoms with Crippen LogP contribution < -0.4 is 4.57 Å². The van der Waals surface area contributed by atoms with Crippen LogP contribution in [0.15, 0.2) is 65.2 Å². The molecule has 7 rings (SSSR count). The molecule has 1 fully saturated rings. The third-order valence-electron chi connectivity index (χ3n) is 10.2. The number of furan rings is 1. The third kappa shape index (κ3) is 3.95. The van der Waals surface area contributed by atoms with Crippen molar-refractivity contribution in [3.05, 3.63) is 88.6 Å². The lowest BCUT2D eigenvalue weighted by Gasteiger charge is -2.30. The molecule has 0 spiro atoms. The summed E-state index contributed by atoms with van der Waals surface area (Å²) in [6.45, 7) is 11.8. The summed E-state index contributed by atoms with van der Waals surface area (Å²) in [5.41, 5.74) is 12.5. The molecule has 0 amide bonds. The van der Waals surface area contributed by atoms with Gasteiger partial charge in [0.2, 0.25) is 5.69 Å². The molecule has 42 heavy (non-hydrogen) atoms. The first kappa shape index (κ1) is 27.0. The molecule has 0 atom stereocenters. The maximum absolute atomic E-state index is 10.5. The van der Waals surface area contributed by atoms with Crippen molar-refractivity contribution in [2.24, 2.45) is 7.05 Å². The summed E-state index contributed by atoms with van der Waals surface area (Å²) in [4.78, 5) is 0. The van der Waals surface area contributed by atoms with E-state index in [1.165, 1.54) is 54.4 Å². The molecule has 0 aliphatic heterocycles. The van der Waals surface area contributed by atoms with Gasteiger partial charge in [-0.2, -0.15) is 5.26 Å². The zero-order valence-corrected chi connectivity index (χ0v) is 25.9. The highest BCUT2D eigenvalue weighted by Crippen LogP contribution is 2.57. The molecule has 2 aliphatic carbocycles. The third-order valence-corrected chi connectivity index (χ3v) is 10.2. The predicted octanol–water partition coefficient (Wildman–Crippen LogP) is 9.93. The van der Waals surface area contributed by atoms with Gasteiger partial charge >= 0.3 is 0 Å². The van der Waals surface area contributed by atoms with Crippen LogP contribution in [0.2, 0.25) is 0 Å². The average Bonchev–Trinajstić information content (AvgIpc) is 3.44. The van der Waals surface area contributed by atoms with Crippen molar-refractivity contribution in [1.82, 2.24) is 0 Å². The van der Waals surface area contributed by atoms with Gasteiger partial charge in [0.15, 0.2) is 6.20 Å². The molecule has 3 heteroatoms. The Morgan fingerprint density at radius 2 is 1.50 bits per heavy atom. The first-order valence-corrected chi connectivity index (χ1v) is 15.6. The first-order valence-electron chi connectivity index (χ1n) is 15.6. The van der Waals surface area contributed by atoms with Gasteiger partial charge in [-0.05, 0) is 89.0 Å². The van der Waals surface area contributed by atoms with Gasteiger partial charge in [-0.15, -0.1) is 0 Å². The molecular formula is C39H41N2O+. The average molecular weight is 554 g/mol. The molecule has 2 heterocycles. The van der Waals surface area contributed by atoms with Crippen LogP contribution in [0.1, 0.15) is 100.0 Å². The lowest BCUT2D eigenvalue weighted by molar-refractivity contribution is -0.660. The first-order chi connectivity index (χ1) is 20.1. The second-order valence-corrected chi connectivity index (χ2v) is 14.1. The Bertz CT molecular complexity index is 1920. The quantitative estimate of drug-likeness (QED) is 0.209. The number of benzene rings is 3. The van der Waals surface area contributed by atoms with Crippen LogP contribution in [0.5, 0.6) is 0 Å². The topological polar surface area (TPSA) is 40.8 Å². The van der Waals surface area contributed by atoms with Crippen molar-refractivity contribution in [3.63, 3.8) is 0 Å². The van der Waals surface area contributed by atoms with Crippen molar-refractivity contribution in [2.75, 3.05) is 0 Å². The smallest absolute Gasteiger partial charge is 0.216 e. The summed E-state index contributed by atoms with van der Waals surface area (Å²) in [7, 11) is 2.08. The van der Waals surface area contributed by atoms with Crippen LogP contribution in [-0.4, -0.2) is 0 Å². The largest absolute Gasteiger partial charge is 0.454 e. The fraction of sp³-hybridized carbons (Fsp3) is 0.385. The summed E-state index contributed by atoms with van der Waals surface area (Å²) in [5, 5.41) is 12.6. The van der Waals surface area contributed by atoms with E-state index in [2.05, 4.69) is 107 Å². The molecule has 0 unspecified atom stereocenters. The summed E-state index contributed by atoms with van der Waals surface area (Å²) >= 11 is 0. The SMILES string of the molecule is Cc1ccc2c(oc3c(-c4ccc(C5CCCCC5)c5c4C(C)(C)CC5(C)C)c(C#N)ccc32)c1-c1cccc[n+]1C. The number of hydrogen-bond acceptors (Lipinski definition) is 2. The Balaban J connectivity index is 1.57. The lowest BCUT2D eigenvalue weighted by atomic mass is 9.74. The molecular weight excluding hydrogens is 512 g/mol. The van der Waals surface area contributed by atoms with Gasteiger partial charge < -0.3 is 4.42 Å². The number of hydrogen-bond donors (Lipinski definition) is 0. The summed E-state index contributed by atoms with van der Waals surface area (Å²) in [6, 6.07) is 22.0. The van der Waals surface area contributed by atoms with Crippen LogP contribution in [0.3, 0.4) is 0 Å². The normalized spacial score (nSPS) is 17.9. The molecule has 5 aromatic rings. The van der Waals surface area contributed by atoms with E-state index >= 15 is 0 Å². The zero-order chi connectivity index (χ0) is 29.4. The van der Waals surface area contributed by atoms with Gasteiger partial charge in [0, 0.05) is 28.5 Å². The van der Waals surface area contributed by atoms with E-state index in [0.29, 0.717) is 11.5 Å². The highest BCUT2D eigenvalue weighted by molar-refractivity contribution is 6.14. The van der Waals surface area contributed by atoms with Crippen LogP contribution >= 0.6 is 0 Å². The van der Waals surface area contributed by atoms with Crippen molar-refractivity contribution in [1.29, 1.82) is 5.26 Å². The maximum Gasteiger partial charge on any atom is 0.216 e. The fourth-order valence-electron chi connectivity index (χ4n) is 8.76. The van der Waals surface area contributed by atoms with Crippen molar-refractivity contribution >= 4 is 21.9 Å². The second-order valence-electron chi connectivity index (χ2n) is 14.1. The van der Waals surface area contributed by atoms with E-state index in [9.17, 15) is 5.26 Å². The van der Waals surface area contributed by atoms with E-state index < -0.39 is 0 Å².